The third kappa shape index (κ3) is 3.55. The molecule has 2 aliphatic heterocycles. The number of nitrogens with zero attached hydrogens (tertiary/aromatic N) is 1. The van der Waals surface area contributed by atoms with Crippen LogP contribution < -0.4 is 15.5 Å². The number of anilines is 1. The van der Waals surface area contributed by atoms with Gasteiger partial charge in [0.25, 0.3) is 0 Å². The van der Waals surface area contributed by atoms with Crippen molar-refractivity contribution in [3.05, 3.63) is 28.7 Å². The molecule has 0 aliphatic carbocycles. The van der Waals surface area contributed by atoms with Gasteiger partial charge < -0.3 is 15.5 Å². The summed E-state index contributed by atoms with van der Waals surface area (Å²) < 4.78 is 0.837. The molecular formula is C16H18BrN3O3. The zero-order valence-electron chi connectivity index (χ0n) is 12.5. The molecule has 2 N–H and O–H groups in total. The lowest BCUT2D eigenvalue weighted by Crippen LogP contribution is -2.49. The number of para-hydroxylation sites is 1. The highest BCUT2D eigenvalue weighted by Crippen LogP contribution is 2.31. The highest BCUT2D eigenvalue weighted by Gasteiger charge is 2.36. The Balaban J connectivity index is 1.62. The summed E-state index contributed by atoms with van der Waals surface area (Å²) in [5.41, 5.74) is 0.790. The number of nitrogens with one attached hydrogen (secondary N) is 2. The van der Waals surface area contributed by atoms with Crippen molar-refractivity contribution in [1.29, 1.82) is 0 Å². The van der Waals surface area contributed by atoms with Gasteiger partial charge in [-0.05, 0) is 34.5 Å². The number of hydrogen-bond acceptors (Lipinski definition) is 3. The van der Waals surface area contributed by atoms with E-state index < -0.39 is 0 Å². The Labute approximate surface area is 142 Å². The molecule has 0 spiro atoms. The van der Waals surface area contributed by atoms with Gasteiger partial charge in [0.2, 0.25) is 17.7 Å². The fourth-order valence-corrected chi connectivity index (χ4v) is 3.46. The van der Waals surface area contributed by atoms with Crippen LogP contribution in [0.3, 0.4) is 0 Å². The van der Waals surface area contributed by atoms with E-state index in [0.717, 1.165) is 10.2 Å². The summed E-state index contributed by atoms with van der Waals surface area (Å²) in [7, 11) is 0. The first-order valence-corrected chi connectivity index (χ1v) is 8.46. The van der Waals surface area contributed by atoms with Gasteiger partial charge in [0.1, 0.15) is 0 Å². The number of benzene rings is 1. The van der Waals surface area contributed by atoms with Crippen molar-refractivity contribution in [3.63, 3.8) is 0 Å². The van der Waals surface area contributed by atoms with Crippen molar-refractivity contribution in [3.8, 4) is 0 Å². The number of amides is 3. The number of rotatable bonds is 3. The minimum absolute atomic E-state index is 0.0200. The summed E-state index contributed by atoms with van der Waals surface area (Å²) in [4.78, 5) is 37.4. The molecule has 7 heteroatoms. The second-order valence-corrected chi connectivity index (χ2v) is 6.76. The highest BCUT2D eigenvalue weighted by atomic mass is 79.9. The Hall–Kier alpha value is -1.89. The molecule has 122 valence electrons. The zero-order valence-corrected chi connectivity index (χ0v) is 14.1. The maximum atomic E-state index is 12.4. The van der Waals surface area contributed by atoms with Gasteiger partial charge in [-0.15, -0.1) is 0 Å². The Morgan fingerprint density at radius 3 is 2.78 bits per heavy atom. The minimum atomic E-state index is -0.354. The van der Waals surface area contributed by atoms with Gasteiger partial charge in [-0.3, -0.25) is 14.4 Å². The summed E-state index contributed by atoms with van der Waals surface area (Å²) in [5, 5.41) is 5.69. The van der Waals surface area contributed by atoms with E-state index in [1.54, 1.807) is 4.90 Å². The average molecular weight is 380 g/mol. The molecule has 2 unspecified atom stereocenters. The fraction of sp³-hybridized carbons (Fsp3) is 0.438. The first kappa shape index (κ1) is 16.0. The molecule has 1 aromatic rings. The van der Waals surface area contributed by atoms with Gasteiger partial charge in [0.15, 0.2) is 0 Å². The lowest BCUT2D eigenvalue weighted by Gasteiger charge is -2.25. The number of carbonyl (C=O) groups excluding carboxylic acids is 3. The molecule has 0 radical (unpaired) electrons. The third-order valence-electron chi connectivity index (χ3n) is 4.25. The van der Waals surface area contributed by atoms with E-state index in [2.05, 4.69) is 26.6 Å². The fourth-order valence-electron chi connectivity index (χ4n) is 2.96. The Morgan fingerprint density at radius 1 is 1.30 bits per heavy atom. The van der Waals surface area contributed by atoms with Gasteiger partial charge in [-0.1, -0.05) is 12.1 Å². The monoisotopic (exact) mass is 379 g/mol. The number of hydrogen-bond donors (Lipinski definition) is 2. The largest absolute Gasteiger partial charge is 0.354 e. The summed E-state index contributed by atoms with van der Waals surface area (Å²) in [5.74, 6) is -0.498. The predicted molar refractivity (Wildman–Crippen MR) is 88.8 cm³/mol. The van der Waals surface area contributed by atoms with E-state index in [4.69, 9.17) is 0 Å². The molecule has 2 saturated heterocycles. The van der Waals surface area contributed by atoms with Crippen LogP contribution in [0, 0.1) is 5.92 Å². The van der Waals surface area contributed by atoms with Crippen LogP contribution in [0.5, 0.6) is 0 Å². The topological polar surface area (TPSA) is 78.5 Å². The average Bonchev–Trinajstić information content (AvgIpc) is 2.92. The van der Waals surface area contributed by atoms with Crippen LogP contribution in [-0.4, -0.2) is 36.9 Å². The van der Waals surface area contributed by atoms with Crippen LogP contribution in [0.25, 0.3) is 0 Å². The van der Waals surface area contributed by atoms with Crippen molar-refractivity contribution in [2.75, 3.05) is 18.0 Å². The number of piperidine rings is 1. The summed E-state index contributed by atoms with van der Waals surface area (Å²) in [6.45, 7) is 0.839. The van der Waals surface area contributed by atoms with Crippen LogP contribution in [0.2, 0.25) is 0 Å². The standard InChI is InChI=1S/C16H18BrN3O3/c17-12-3-1-2-4-13(12)20-9-10(7-15(20)22)16(23)19-11-5-6-14(21)18-8-11/h1-4,10-11H,5-9H2,(H,18,21)(H,19,23). The van der Waals surface area contributed by atoms with Gasteiger partial charge in [0, 0.05) is 36.4 Å². The highest BCUT2D eigenvalue weighted by molar-refractivity contribution is 9.10. The lowest BCUT2D eigenvalue weighted by atomic mass is 10.0. The Morgan fingerprint density at radius 2 is 2.09 bits per heavy atom. The van der Waals surface area contributed by atoms with Crippen LogP contribution in [0.1, 0.15) is 19.3 Å². The molecule has 2 atom stereocenters. The van der Waals surface area contributed by atoms with E-state index >= 15 is 0 Å². The van der Waals surface area contributed by atoms with Crippen LogP contribution in [0.4, 0.5) is 5.69 Å². The molecule has 2 fully saturated rings. The summed E-state index contributed by atoms with van der Waals surface area (Å²) >= 11 is 3.44. The van der Waals surface area contributed by atoms with Crippen molar-refractivity contribution in [2.45, 2.75) is 25.3 Å². The Bertz CT molecular complexity index is 639. The van der Waals surface area contributed by atoms with Crippen molar-refractivity contribution in [1.82, 2.24) is 10.6 Å². The molecule has 1 aromatic carbocycles. The second kappa shape index (κ2) is 6.70. The predicted octanol–water partition coefficient (Wildman–Crippen LogP) is 1.20. The third-order valence-corrected chi connectivity index (χ3v) is 4.92. The first-order valence-electron chi connectivity index (χ1n) is 7.66. The Kier molecular flexibility index (Phi) is 4.66. The first-order chi connectivity index (χ1) is 11.0. The molecule has 2 aliphatic rings. The second-order valence-electron chi connectivity index (χ2n) is 5.91. The van der Waals surface area contributed by atoms with Crippen LogP contribution in [-0.2, 0) is 14.4 Å². The molecule has 6 nitrogen and oxygen atoms in total. The normalized spacial score (nSPS) is 24.5. The molecule has 0 aromatic heterocycles. The van der Waals surface area contributed by atoms with E-state index in [0.29, 0.717) is 25.9 Å². The van der Waals surface area contributed by atoms with E-state index in [1.807, 2.05) is 24.3 Å². The lowest BCUT2D eigenvalue weighted by molar-refractivity contribution is -0.128. The van der Waals surface area contributed by atoms with Gasteiger partial charge in [0.05, 0.1) is 11.6 Å². The number of carbonyl (C=O) groups is 3. The van der Waals surface area contributed by atoms with E-state index in [-0.39, 0.29) is 36.1 Å². The zero-order chi connectivity index (χ0) is 16.4. The van der Waals surface area contributed by atoms with Gasteiger partial charge in [-0.25, -0.2) is 0 Å². The quantitative estimate of drug-likeness (QED) is 0.827. The molecule has 3 rings (SSSR count). The molecule has 2 heterocycles. The maximum absolute atomic E-state index is 12.4. The van der Waals surface area contributed by atoms with E-state index in [9.17, 15) is 14.4 Å². The SMILES string of the molecule is O=C1CCC(NC(=O)C2CC(=O)N(c3ccccc3Br)C2)CN1. The molecule has 23 heavy (non-hydrogen) atoms. The van der Waals surface area contributed by atoms with Crippen molar-refractivity contribution in [2.24, 2.45) is 5.92 Å². The smallest absolute Gasteiger partial charge is 0.227 e. The van der Waals surface area contributed by atoms with Gasteiger partial charge in [-0.2, -0.15) is 0 Å². The molecule has 3 amide bonds. The van der Waals surface area contributed by atoms with Crippen LogP contribution in [0.15, 0.2) is 28.7 Å². The van der Waals surface area contributed by atoms with Crippen molar-refractivity contribution >= 4 is 39.3 Å². The summed E-state index contributed by atoms with van der Waals surface area (Å²) in [6.07, 6.45) is 1.29. The number of halogens is 1. The van der Waals surface area contributed by atoms with Crippen molar-refractivity contribution < 1.29 is 14.4 Å². The summed E-state index contributed by atoms with van der Waals surface area (Å²) in [6, 6.07) is 7.44. The minimum Gasteiger partial charge on any atom is -0.354 e. The van der Waals surface area contributed by atoms with E-state index in [1.165, 1.54) is 0 Å². The molecule has 0 bridgehead atoms. The molecular weight excluding hydrogens is 362 g/mol. The van der Waals surface area contributed by atoms with Crippen LogP contribution >= 0.6 is 15.9 Å². The van der Waals surface area contributed by atoms with Gasteiger partial charge >= 0.3 is 0 Å². The maximum Gasteiger partial charge on any atom is 0.227 e. The molecule has 0 saturated carbocycles.